The first kappa shape index (κ1) is 12.2. The second-order valence-corrected chi connectivity index (χ2v) is 3.38. The van der Waals surface area contributed by atoms with Gasteiger partial charge in [-0.3, -0.25) is 0 Å². The minimum absolute atomic E-state index is 0.0710. The number of alkyl halides is 2. The number of benzene rings is 1. The molecule has 0 saturated carbocycles. The van der Waals surface area contributed by atoms with E-state index in [-0.39, 0.29) is 12.5 Å². The van der Waals surface area contributed by atoms with E-state index in [1.807, 2.05) is 0 Å². The predicted molar refractivity (Wildman–Crippen MR) is 53.3 cm³/mol. The Balaban J connectivity index is 2.69. The largest absolute Gasteiger partial charge is 0.466 e. The highest BCUT2D eigenvalue weighted by Gasteiger charge is 2.07. The summed E-state index contributed by atoms with van der Waals surface area (Å²) < 4.78 is 38.3. The molecule has 0 unspecified atom stereocenters. The van der Waals surface area contributed by atoms with Crippen LogP contribution in [0.4, 0.5) is 8.78 Å². The van der Waals surface area contributed by atoms with Gasteiger partial charge >= 0.3 is 6.61 Å². The molecular formula is C9H9BrF2O3. The molecule has 1 aromatic carbocycles. The van der Waals surface area contributed by atoms with Crippen LogP contribution >= 0.6 is 15.9 Å². The molecule has 0 amide bonds. The lowest BCUT2D eigenvalue weighted by Crippen LogP contribution is -2.03. The molecule has 3 nitrogen and oxygen atoms in total. The van der Waals surface area contributed by atoms with Crippen molar-refractivity contribution in [1.29, 1.82) is 0 Å². The van der Waals surface area contributed by atoms with Crippen LogP contribution in [-0.4, -0.2) is 20.5 Å². The quantitative estimate of drug-likeness (QED) is 0.777. The highest BCUT2D eigenvalue weighted by Crippen LogP contribution is 2.29. The van der Waals surface area contributed by atoms with E-state index in [0.29, 0.717) is 10.2 Å². The molecular weight excluding hydrogens is 274 g/mol. The fourth-order valence-electron chi connectivity index (χ4n) is 0.897. The van der Waals surface area contributed by atoms with E-state index in [9.17, 15) is 8.78 Å². The Morgan fingerprint density at radius 1 is 1.40 bits per heavy atom. The number of hydrogen-bond acceptors (Lipinski definition) is 3. The third kappa shape index (κ3) is 4.01. The van der Waals surface area contributed by atoms with E-state index in [0.717, 1.165) is 0 Å². The SMILES string of the molecule is COCOc1ccc(OC(F)F)cc1Br. The van der Waals surface area contributed by atoms with E-state index >= 15 is 0 Å². The summed E-state index contributed by atoms with van der Waals surface area (Å²) in [6.45, 7) is -2.74. The van der Waals surface area contributed by atoms with E-state index < -0.39 is 6.61 Å². The molecule has 0 heterocycles. The molecule has 0 spiro atoms. The monoisotopic (exact) mass is 282 g/mol. The minimum atomic E-state index is -2.83. The van der Waals surface area contributed by atoms with Crippen LogP contribution in [0.2, 0.25) is 0 Å². The van der Waals surface area contributed by atoms with Crippen LogP contribution in [0.3, 0.4) is 0 Å². The maximum atomic E-state index is 11.9. The number of halogens is 3. The fraction of sp³-hybridized carbons (Fsp3) is 0.333. The van der Waals surface area contributed by atoms with Gasteiger partial charge < -0.3 is 14.2 Å². The van der Waals surface area contributed by atoms with Crippen molar-refractivity contribution in [1.82, 2.24) is 0 Å². The Morgan fingerprint density at radius 3 is 2.67 bits per heavy atom. The first-order valence-corrected chi connectivity index (χ1v) is 4.79. The molecule has 0 aromatic heterocycles. The van der Waals surface area contributed by atoms with Gasteiger partial charge in [-0.05, 0) is 34.1 Å². The third-order valence-electron chi connectivity index (χ3n) is 1.46. The fourth-order valence-corrected chi connectivity index (χ4v) is 1.37. The summed E-state index contributed by atoms with van der Waals surface area (Å²) >= 11 is 3.16. The highest BCUT2D eigenvalue weighted by atomic mass is 79.9. The highest BCUT2D eigenvalue weighted by molar-refractivity contribution is 9.10. The molecule has 1 rings (SSSR count). The van der Waals surface area contributed by atoms with Crippen LogP contribution in [-0.2, 0) is 4.74 Å². The molecule has 6 heteroatoms. The summed E-state index contributed by atoms with van der Waals surface area (Å²) in [6, 6.07) is 4.31. The minimum Gasteiger partial charge on any atom is -0.466 e. The lowest BCUT2D eigenvalue weighted by atomic mass is 10.3. The van der Waals surface area contributed by atoms with E-state index in [1.54, 1.807) is 0 Å². The Kier molecular flexibility index (Phi) is 4.77. The lowest BCUT2D eigenvalue weighted by Gasteiger charge is -2.09. The van der Waals surface area contributed by atoms with Gasteiger partial charge in [0.05, 0.1) is 4.47 Å². The lowest BCUT2D eigenvalue weighted by molar-refractivity contribution is -0.0499. The van der Waals surface area contributed by atoms with Crippen molar-refractivity contribution >= 4 is 15.9 Å². The normalized spacial score (nSPS) is 10.5. The molecule has 0 aliphatic carbocycles. The molecule has 15 heavy (non-hydrogen) atoms. The van der Waals surface area contributed by atoms with Gasteiger partial charge in [-0.25, -0.2) is 0 Å². The summed E-state index contributed by atoms with van der Waals surface area (Å²) in [4.78, 5) is 0. The zero-order valence-corrected chi connectivity index (χ0v) is 9.46. The Morgan fingerprint density at radius 2 is 2.13 bits per heavy atom. The Bertz CT molecular complexity index is 320. The second-order valence-electron chi connectivity index (χ2n) is 2.52. The van der Waals surface area contributed by atoms with Crippen LogP contribution in [0.25, 0.3) is 0 Å². The Hall–Kier alpha value is -0.880. The maximum Gasteiger partial charge on any atom is 0.387 e. The van der Waals surface area contributed by atoms with Gasteiger partial charge in [-0.2, -0.15) is 8.78 Å². The smallest absolute Gasteiger partial charge is 0.387 e. The molecule has 0 atom stereocenters. The van der Waals surface area contributed by atoms with Crippen LogP contribution < -0.4 is 9.47 Å². The molecule has 0 radical (unpaired) electrons. The molecule has 0 bridgehead atoms. The summed E-state index contributed by atoms with van der Waals surface area (Å²) in [7, 11) is 1.49. The summed E-state index contributed by atoms with van der Waals surface area (Å²) in [6.07, 6.45) is 0. The van der Waals surface area contributed by atoms with Gasteiger partial charge in [0.25, 0.3) is 0 Å². The standard InChI is InChI=1S/C9H9BrF2O3/c1-13-5-14-8-3-2-6(4-7(8)10)15-9(11)12/h2-4,9H,5H2,1H3. The molecule has 0 aliphatic heterocycles. The number of hydrogen-bond donors (Lipinski definition) is 0. The van der Waals surface area contributed by atoms with Crippen molar-refractivity contribution in [2.75, 3.05) is 13.9 Å². The van der Waals surface area contributed by atoms with E-state index in [1.165, 1.54) is 25.3 Å². The van der Waals surface area contributed by atoms with Crippen molar-refractivity contribution in [3.8, 4) is 11.5 Å². The average Bonchev–Trinajstić information content (AvgIpc) is 2.15. The number of methoxy groups -OCH3 is 1. The van der Waals surface area contributed by atoms with Crippen molar-refractivity contribution in [2.24, 2.45) is 0 Å². The predicted octanol–water partition coefficient (Wildman–Crippen LogP) is 3.03. The molecule has 0 aliphatic rings. The van der Waals surface area contributed by atoms with Crippen LogP contribution in [0, 0.1) is 0 Å². The maximum absolute atomic E-state index is 11.9. The van der Waals surface area contributed by atoms with Crippen molar-refractivity contribution in [2.45, 2.75) is 6.61 Å². The van der Waals surface area contributed by atoms with Gasteiger partial charge in [-0.1, -0.05) is 0 Å². The molecule has 84 valence electrons. The second kappa shape index (κ2) is 5.87. The molecule has 0 saturated heterocycles. The van der Waals surface area contributed by atoms with E-state index in [4.69, 9.17) is 9.47 Å². The van der Waals surface area contributed by atoms with Crippen LogP contribution in [0.1, 0.15) is 0 Å². The van der Waals surface area contributed by atoms with E-state index in [2.05, 4.69) is 20.7 Å². The van der Waals surface area contributed by atoms with Crippen molar-refractivity contribution < 1.29 is 23.0 Å². The van der Waals surface area contributed by atoms with Gasteiger partial charge in [0.2, 0.25) is 0 Å². The van der Waals surface area contributed by atoms with Gasteiger partial charge in [0.1, 0.15) is 11.5 Å². The third-order valence-corrected chi connectivity index (χ3v) is 2.08. The van der Waals surface area contributed by atoms with Crippen LogP contribution in [0.15, 0.2) is 22.7 Å². The molecule has 1 aromatic rings. The summed E-state index contributed by atoms with van der Waals surface area (Å²) in [5.74, 6) is 0.570. The van der Waals surface area contributed by atoms with Gasteiger partial charge in [-0.15, -0.1) is 0 Å². The Labute approximate surface area is 94.1 Å². The van der Waals surface area contributed by atoms with Crippen molar-refractivity contribution in [3.63, 3.8) is 0 Å². The van der Waals surface area contributed by atoms with Crippen molar-refractivity contribution in [3.05, 3.63) is 22.7 Å². The van der Waals surface area contributed by atoms with Gasteiger partial charge in [0, 0.05) is 7.11 Å². The number of rotatable bonds is 5. The summed E-state index contributed by atoms with van der Waals surface area (Å²) in [5.41, 5.74) is 0. The first-order valence-electron chi connectivity index (χ1n) is 3.99. The molecule has 0 N–H and O–H groups in total. The summed E-state index contributed by atoms with van der Waals surface area (Å²) in [5, 5.41) is 0. The number of ether oxygens (including phenoxy) is 3. The zero-order chi connectivity index (χ0) is 11.3. The topological polar surface area (TPSA) is 27.7 Å². The van der Waals surface area contributed by atoms with Crippen LogP contribution in [0.5, 0.6) is 11.5 Å². The molecule has 0 fully saturated rings. The first-order chi connectivity index (χ1) is 7.13. The average molecular weight is 283 g/mol. The van der Waals surface area contributed by atoms with Gasteiger partial charge in [0.15, 0.2) is 6.79 Å². The zero-order valence-electron chi connectivity index (χ0n) is 7.88.